The van der Waals surface area contributed by atoms with Gasteiger partial charge in [-0.25, -0.2) is 4.39 Å². The molecule has 2 saturated carbocycles. The van der Waals surface area contributed by atoms with Crippen LogP contribution in [0.4, 0.5) is 4.39 Å². The summed E-state index contributed by atoms with van der Waals surface area (Å²) in [5, 5.41) is 3.40. The molecule has 138 valence electrons. The van der Waals surface area contributed by atoms with E-state index in [0.717, 1.165) is 51.8 Å². The molecule has 4 bridgehead atoms. The van der Waals surface area contributed by atoms with Crippen LogP contribution in [0.25, 0.3) is 0 Å². The first-order valence-electron chi connectivity index (χ1n) is 9.88. The molecule has 0 aromatic rings. The van der Waals surface area contributed by atoms with E-state index in [1.54, 1.807) is 0 Å². The number of ether oxygens (including phenoxy) is 2. The number of rotatable bonds is 0. The molecule has 24 heavy (non-hydrogen) atoms. The van der Waals surface area contributed by atoms with Gasteiger partial charge in [-0.05, 0) is 56.9 Å². The summed E-state index contributed by atoms with van der Waals surface area (Å²) in [5.41, 5.74) is 7.00. The van der Waals surface area contributed by atoms with E-state index in [2.05, 4.69) is 16.2 Å². The molecule has 0 amide bonds. The van der Waals surface area contributed by atoms with Crippen LogP contribution < -0.4 is 16.2 Å². The second-order valence-electron chi connectivity index (χ2n) is 8.05. The molecule has 3 N–H and O–H groups in total. The van der Waals surface area contributed by atoms with Crippen LogP contribution in [0.5, 0.6) is 0 Å². The molecule has 2 aliphatic heterocycles. The van der Waals surface area contributed by atoms with Gasteiger partial charge in [0.1, 0.15) is 6.17 Å². The third kappa shape index (κ3) is 3.93. The van der Waals surface area contributed by atoms with Crippen molar-refractivity contribution in [1.29, 1.82) is 0 Å². The third-order valence-corrected chi connectivity index (χ3v) is 6.38. The van der Waals surface area contributed by atoms with Crippen molar-refractivity contribution in [3.05, 3.63) is 0 Å². The number of halogens is 1. The highest BCUT2D eigenvalue weighted by Crippen LogP contribution is 2.40. The summed E-state index contributed by atoms with van der Waals surface area (Å²) in [7, 11) is 0. The van der Waals surface area contributed by atoms with Crippen LogP contribution in [0.2, 0.25) is 0 Å². The Morgan fingerprint density at radius 3 is 2.71 bits per heavy atom. The summed E-state index contributed by atoms with van der Waals surface area (Å²) in [5.74, 6) is 0.918. The lowest BCUT2D eigenvalue weighted by Crippen LogP contribution is -2.45. The van der Waals surface area contributed by atoms with E-state index in [0.29, 0.717) is 49.5 Å². The topological polar surface area (TPSA) is 54.5 Å². The Bertz CT molecular complexity index is 414. The van der Waals surface area contributed by atoms with E-state index in [1.165, 1.54) is 0 Å². The fraction of sp³-hybridized carbons (Fsp3) is 1.00. The molecule has 2 saturated heterocycles. The SMILES string of the molecule is FC1CC2CC(C1)C1NNC3CCC(CC31)OCCCNCCO2. The van der Waals surface area contributed by atoms with Gasteiger partial charge < -0.3 is 14.8 Å². The minimum atomic E-state index is -0.728. The highest BCUT2D eigenvalue weighted by atomic mass is 19.1. The Hall–Kier alpha value is -0.270. The average molecular weight is 341 g/mol. The van der Waals surface area contributed by atoms with E-state index >= 15 is 0 Å². The van der Waals surface area contributed by atoms with Crippen molar-refractivity contribution in [2.45, 2.75) is 75.4 Å². The van der Waals surface area contributed by atoms with Crippen LogP contribution in [-0.2, 0) is 9.47 Å². The molecule has 5 nitrogen and oxygen atoms in total. The Morgan fingerprint density at radius 1 is 0.833 bits per heavy atom. The number of hydrogen-bond acceptors (Lipinski definition) is 5. The molecule has 0 aromatic carbocycles. The molecular weight excluding hydrogens is 309 g/mol. The fourth-order valence-corrected chi connectivity index (χ4v) is 5.21. The Morgan fingerprint density at radius 2 is 1.75 bits per heavy atom. The van der Waals surface area contributed by atoms with Crippen molar-refractivity contribution in [1.82, 2.24) is 16.2 Å². The van der Waals surface area contributed by atoms with Crippen molar-refractivity contribution >= 4 is 0 Å². The van der Waals surface area contributed by atoms with E-state index in [4.69, 9.17) is 9.47 Å². The highest BCUT2D eigenvalue weighted by Gasteiger charge is 2.46. The van der Waals surface area contributed by atoms with Crippen molar-refractivity contribution in [3.63, 3.8) is 0 Å². The molecule has 0 spiro atoms. The second-order valence-corrected chi connectivity index (χ2v) is 8.05. The molecule has 7 unspecified atom stereocenters. The average Bonchev–Trinajstić information content (AvgIpc) is 2.99. The molecule has 4 fully saturated rings. The number of fused-ring (bicyclic) bond motifs is 4. The molecule has 4 aliphatic rings. The Labute approximate surface area is 144 Å². The maximum Gasteiger partial charge on any atom is 0.103 e. The largest absolute Gasteiger partial charge is 0.378 e. The molecule has 2 aliphatic carbocycles. The molecule has 6 heteroatoms. The minimum Gasteiger partial charge on any atom is -0.378 e. The van der Waals surface area contributed by atoms with Crippen LogP contribution in [0.1, 0.15) is 44.9 Å². The molecule has 0 aromatic heterocycles. The van der Waals surface area contributed by atoms with Crippen molar-refractivity contribution in [3.8, 4) is 0 Å². The highest BCUT2D eigenvalue weighted by molar-refractivity contribution is 5.00. The predicted octanol–water partition coefficient (Wildman–Crippen LogP) is 1.53. The number of hydrogen-bond donors (Lipinski definition) is 3. The normalized spacial score (nSPS) is 47.6. The summed E-state index contributed by atoms with van der Waals surface area (Å²) in [6.07, 6.45) is 6.37. The third-order valence-electron chi connectivity index (χ3n) is 6.38. The smallest absolute Gasteiger partial charge is 0.103 e. The lowest BCUT2D eigenvalue weighted by Gasteiger charge is -2.39. The van der Waals surface area contributed by atoms with Crippen LogP contribution in [0, 0.1) is 11.8 Å². The van der Waals surface area contributed by atoms with Crippen molar-refractivity contribution < 1.29 is 13.9 Å². The zero-order chi connectivity index (χ0) is 16.4. The van der Waals surface area contributed by atoms with E-state index in [-0.39, 0.29) is 6.10 Å². The van der Waals surface area contributed by atoms with E-state index in [9.17, 15) is 4.39 Å². The summed E-state index contributed by atoms with van der Waals surface area (Å²) in [6, 6.07) is 0.876. The van der Waals surface area contributed by atoms with Gasteiger partial charge >= 0.3 is 0 Å². The first-order chi connectivity index (χ1) is 11.8. The molecule has 2 heterocycles. The molecule has 0 radical (unpaired) electrons. The zero-order valence-corrected chi connectivity index (χ0v) is 14.5. The second kappa shape index (κ2) is 7.96. The van der Waals surface area contributed by atoms with Gasteiger partial charge in [0.25, 0.3) is 0 Å². The van der Waals surface area contributed by atoms with E-state index < -0.39 is 6.17 Å². The van der Waals surface area contributed by atoms with Crippen LogP contribution in [0.15, 0.2) is 0 Å². The van der Waals surface area contributed by atoms with E-state index in [1.807, 2.05) is 0 Å². The quantitative estimate of drug-likeness (QED) is 0.624. The van der Waals surface area contributed by atoms with Crippen molar-refractivity contribution in [2.24, 2.45) is 11.8 Å². The first kappa shape index (κ1) is 17.2. The monoisotopic (exact) mass is 341 g/mol. The van der Waals surface area contributed by atoms with Gasteiger partial charge in [-0.15, -0.1) is 0 Å². The molecule has 4 rings (SSSR count). The van der Waals surface area contributed by atoms with Crippen LogP contribution >= 0.6 is 0 Å². The predicted molar refractivity (Wildman–Crippen MR) is 90.4 cm³/mol. The van der Waals surface area contributed by atoms with Gasteiger partial charge in [0.2, 0.25) is 0 Å². The maximum atomic E-state index is 14.3. The maximum absolute atomic E-state index is 14.3. The van der Waals surface area contributed by atoms with Gasteiger partial charge in [-0.1, -0.05) is 0 Å². The summed E-state index contributed by atoms with van der Waals surface area (Å²) in [6.45, 7) is 3.32. The lowest BCUT2D eigenvalue weighted by atomic mass is 9.71. The fourth-order valence-electron chi connectivity index (χ4n) is 5.21. The summed E-state index contributed by atoms with van der Waals surface area (Å²) in [4.78, 5) is 0. The van der Waals surface area contributed by atoms with Crippen LogP contribution in [0.3, 0.4) is 0 Å². The molecule has 7 atom stereocenters. The van der Waals surface area contributed by atoms with Gasteiger partial charge in [0.05, 0.1) is 18.8 Å². The minimum absolute atomic E-state index is 0.0714. The number of nitrogens with one attached hydrogen (secondary N) is 3. The number of alkyl halides is 1. The summed E-state index contributed by atoms with van der Waals surface area (Å²) >= 11 is 0. The van der Waals surface area contributed by atoms with Gasteiger partial charge in [-0.2, -0.15) is 0 Å². The number of hydrazine groups is 1. The standard InChI is InChI=1S/C18H32FN3O2/c19-13-8-12-9-15(10-13)24-7-5-20-4-1-6-23-14-2-3-17-16(11-14)18(12)22-21-17/h12-18,20-22H,1-11H2. The Balaban J connectivity index is 1.47. The van der Waals surface area contributed by atoms with Crippen molar-refractivity contribution in [2.75, 3.05) is 26.3 Å². The Kier molecular flexibility index (Phi) is 5.69. The zero-order valence-electron chi connectivity index (χ0n) is 14.5. The van der Waals surface area contributed by atoms with Gasteiger partial charge in [0.15, 0.2) is 0 Å². The van der Waals surface area contributed by atoms with Gasteiger partial charge in [-0.3, -0.25) is 10.9 Å². The lowest BCUT2D eigenvalue weighted by molar-refractivity contribution is -0.0244. The summed E-state index contributed by atoms with van der Waals surface area (Å²) < 4.78 is 26.4. The first-order valence-corrected chi connectivity index (χ1v) is 9.88. The van der Waals surface area contributed by atoms with Gasteiger partial charge in [0, 0.05) is 31.7 Å². The van der Waals surface area contributed by atoms with Crippen LogP contribution in [-0.4, -0.2) is 56.8 Å². The molecular formula is C18H32FN3O2.